The Labute approximate surface area is 114 Å². The number of hydrogen-bond donors (Lipinski definition) is 0. The summed E-state index contributed by atoms with van der Waals surface area (Å²) in [6.45, 7) is 3.85. The highest BCUT2D eigenvalue weighted by molar-refractivity contribution is 4.82. The molecule has 0 fully saturated rings. The third kappa shape index (κ3) is 17.3. The molecule has 0 radical (unpaired) electrons. The van der Waals surface area contributed by atoms with Crippen LogP contribution in [0.2, 0.25) is 0 Å². The predicted molar refractivity (Wildman–Crippen MR) is 68.9 cm³/mol. The number of rotatable bonds is 15. The van der Waals surface area contributed by atoms with E-state index in [1.54, 1.807) is 0 Å². The molecule has 0 rings (SSSR count). The van der Waals surface area contributed by atoms with Gasteiger partial charge in [0, 0.05) is 0 Å². The Kier molecular flexibility index (Phi) is 16.6. The number of alkyl halides is 1. The molecule has 0 amide bonds. The Balaban J connectivity index is 2.90. The monoisotopic (exact) mass is 278 g/mol. The molecule has 0 aliphatic rings. The summed E-state index contributed by atoms with van der Waals surface area (Å²) in [5.41, 5.74) is 0. The molecule has 19 heavy (non-hydrogen) atoms. The average molecular weight is 278 g/mol. The lowest BCUT2D eigenvalue weighted by Gasteiger charge is -2.07. The summed E-state index contributed by atoms with van der Waals surface area (Å²) in [5, 5.41) is 0. The van der Waals surface area contributed by atoms with Gasteiger partial charge in [-0.05, 0) is 0 Å². The Morgan fingerprint density at radius 3 is 1.37 bits per heavy atom. The molecule has 5 nitrogen and oxygen atoms in total. The van der Waals surface area contributed by atoms with E-state index in [-0.39, 0.29) is 6.61 Å². The third-order valence-electron chi connectivity index (χ3n) is 1.89. The molecule has 0 unspecified atom stereocenters. The molecule has 0 atom stereocenters. The second-order valence-electron chi connectivity index (χ2n) is 3.40. The maximum Gasteiger partial charge on any atom is 0.113 e. The van der Waals surface area contributed by atoms with Gasteiger partial charge in [0.05, 0.1) is 59.5 Å². The fourth-order valence-corrected chi connectivity index (χ4v) is 1.07. The quantitative estimate of drug-likeness (QED) is 0.325. The van der Waals surface area contributed by atoms with Crippen LogP contribution in [0.3, 0.4) is 0 Å². The van der Waals surface area contributed by atoms with Crippen molar-refractivity contribution in [1.82, 2.24) is 0 Å². The van der Waals surface area contributed by atoms with Crippen LogP contribution in [0, 0.1) is 12.3 Å². The first-order valence-electron chi connectivity index (χ1n) is 6.30. The minimum absolute atomic E-state index is 0.127. The summed E-state index contributed by atoms with van der Waals surface area (Å²) in [6.07, 6.45) is 5.01. The van der Waals surface area contributed by atoms with Crippen molar-refractivity contribution in [2.75, 3.05) is 72.7 Å². The van der Waals surface area contributed by atoms with Gasteiger partial charge in [0.1, 0.15) is 13.3 Å². The van der Waals surface area contributed by atoms with E-state index in [9.17, 15) is 4.39 Å². The largest absolute Gasteiger partial charge is 0.377 e. The molecule has 0 aliphatic heterocycles. The van der Waals surface area contributed by atoms with E-state index in [0.717, 1.165) is 0 Å². The van der Waals surface area contributed by atoms with Gasteiger partial charge in [-0.25, -0.2) is 4.39 Å². The van der Waals surface area contributed by atoms with Crippen molar-refractivity contribution in [1.29, 1.82) is 0 Å². The van der Waals surface area contributed by atoms with E-state index in [4.69, 9.17) is 30.1 Å². The maximum atomic E-state index is 11.6. The van der Waals surface area contributed by atoms with E-state index < -0.39 is 6.67 Å². The first-order chi connectivity index (χ1) is 9.41. The van der Waals surface area contributed by atoms with Crippen molar-refractivity contribution in [3.8, 4) is 12.3 Å². The van der Waals surface area contributed by atoms with Crippen molar-refractivity contribution in [3.05, 3.63) is 0 Å². The molecular formula is C13H23FO5. The Morgan fingerprint density at radius 2 is 1.00 bits per heavy atom. The summed E-state index contributed by atoms with van der Waals surface area (Å²) in [6, 6.07) is 0. The summed E-state index contributed by atoms with van der Waals surface area (Å²) < 4.78 is 37.3. The van der Waals surface area contributed by atoms with Crippen LogP contribution in [0.4, 0.5) is 4.39 Å². The van der Waals surface area contributed by atoms with E-state index >= 15 is 0 Å². The molecule has 6 heteroatoms. The van der Waals surface area contributed by atoms with Gasteiger partial charge in [0.25, 0.3) is 0 Å². The SMILES string of the molecule is C#CCOCCOCCOCCOCCOCCF. The molecule has 0 heterocycles. The number of ether oxygens (including phenoxy) is 5. The average Bonchev–Trinajstić information content (AvgIpc) is 2.43. The molecule has 0 aliphatic carbocycles. The lowest BCUT2D eigenvalue weighted by atomic mass is 10.7. The summed E-state index contributed by atoms with van der Waals surface area (Å²) in [7, 11) is 0. The van der Waals surface area contributed by atoms with Crippen LogP contribution < -0.4 is 0 Å². The molecular weight excluding hydrogens is 255 g/mol. The molecule has 0 saturated carbocycles. The fourth-order valence-electron chi connectivity index (χ4n) is 1.07. The van der Waals surface area contributed by atoms with Gasteiger partial charge in [-0.1, -0.05) is 5.92 Å². The van der Waals surface area contributed by atoms with Crippen LogP contribution in [0.5, 0.6) is 0 Å². The number of halogens is 1. The van der Waals surface area contributed by atoms with Gasteiger partial charge in [-0.2, -0.15) is 0 Å². The number of terminal acetylenes is 1. The van der Waals surface area contributed by atoms with Gasteiger partial charge >= 0.3 is 0 Å². The molecule has 0 spiro atoms. The minimum atomic E-state index is -0.461. The zero-order valence-electron chi connectivity index (χ0n) is 11.3. The van der Waals surface area contributed by atoms with Crippen LogP contribution in [-0.2, 0) is 23.7 Å². The van der Waals surface area contributed by atoms with E-state index in [0.29, 0.717) is 59.5 Å². The van der Waals surface area contributed by atoms with Crippen molar-refractivity contribution >= 4 is 0 Å². The van der Waals surface area contributed by atoms with Crippen LogP contribution >= 0.6 is 0 Å². The van der Waals surface area contributed by atoms with E-state index in [2.05, 4.69) is 5.92 Å². The molecule has 0 aromatic rings. The molecule has 0 bridgehead atoms. The first kappa shape index (κ1) is 18.3. The highest BCUT2D eigenvalue weighted by atomic mass is 19.1. The normalized spacial score (nSPS) is 10.5. The van der Waals surface area contributed by atoms with Crippen molar-refractivity contribution in [3.63, 3.8) is 0 Å². The van der Waals surface area contributed by atoms with Gasteiger partial charge in [0.2, 0.25) is 0 Å². The maximum absolute atomic E-state index is 11.6. The van der Waals surface area contributed by atoms with E-state index in [1.165, 1.54) is 0 Å². The Morgan fingerprint density at radius 1 is 0.632 bits per heavy atom. The van der Waals surface area contributed by atoms with Gasteiger partial charge in [0.15, 0.2) is 0 Å². The van der Waals surface area contributed by atoms with Gasteiger partial charge in [-0.3, -0.25) is 0 Å². The highest BCUT2D eigenvalue weighted by Gasteiger charge is 1.92. The molecule has 0 N–H and O–H groups in total. The minimum Gasteiger partial charge on any atom is -0.377 e. The Hall–Kier alpha value is -0.710. The van der Waals surface area contributed by atoms with Crippen molar-refractivity contribution < 1.29 is 28.1 Å². The number of hydrogen-bond acceptors (Lipinski definition) is 5. The third-order valence-corrected chi connectivity index (χ3v) is 1.89. The highest BCUT2D eigenvalue weighted by Crippen LogP contribution is 1.83. The van der Waals surface area contributed by atoms with E-state index in [1.807, 2.05) is 0 Å². The second kappa shape index (κ2) is 17.3. The van der Waals surface area contributed by atoms with Crippen molar-refractivity contribution in [2.45, 2.75) is 0 Å². The molecule has 112 valence electrons. The topological polar surface area (TPSA) is 46.2 Å². The van der Waals surface area contributed by atoms with Gasteiger partial charge in [-0.15, -0.1) is 6.42 Å². The zero-order valence-corrected chi connectivity index (χ0v) is 11.3. The lowest BCUT2D eigenvalue weighted by molar-refractivity contribution is -0.00990. The Bertz CT molecular complexity index is 208. The summed E-state index contributed by atoms with van der Waals surface area (Å²) in [4.78, 5) is 0. The molecule has 0 saturated heterocycles. The molecule has 0 aromatic carbocycles. The molecule has 0 aromatic heterocycles. The summed E-state index contributed by atoms with van der Waals surface area (Å²) in [5.74, 6) is 2.37. The van der Waals surface area contributed by atoms with Crippen molar-refractivity contribution in [2.24, 2.45) is 0 Å². The van der Waals surface area contributed by atoms with Crippen LogP contribution in [0.15, 0.2) is 0 Å². The van der Waals surface area contributed by atoms with Crippen LogP contribution in [0.1, 0.15) is 0 Å². The second-order valence-corrected chi connectivity index (χ2v) is 3.40. The van der Waals surface area contributed by atoms with Crippen LogP contribution in [-0.4, -0.2) is 72.7 Å². The summed E-state index contributed by atoms with van der Waals surface area (Å²) >= 11 is 0. The first-order valence-corrected chi connectivity index (χ1v) is 6.30. The predicted octanol–water partition coefficient (Wildman–Crippen LogP) is 0.672. The lowest BCUT2D eigenvalue weighted by Crippen LogP contribution is -2.13. The smallest absolute Gasteiger partial charge is 0.113 e. The standard InChI is InChI=1S/C13H23FO5/c1-2-4-15-6-8-17-10-12-19-13-11-18-9-7-16-5-3-14/h1H,3-13H2. The van der Waals surface area contributed by atoms with Gasteiger partial charge < -0.3 is 23.7 Å². The fraction of sp³-hybridized carbons (Fsp3) is 0.846. The van der Waals surface area contributed by atoms with Crippen LogP contribution in [0.25, 0.3) is 0 Å². The zero-order chi connectivity index (χ0) is 14.0.